The lowest BCUT2D eigenvalue weighted by Crippen LogP contribution is -2.37. The maximum absolute atomic E-state index is 13.3. The number of urea groups is 1. The van der Waals surface area contributed by atoms with Crippen LogP contribution in [0, 0.1) is 15.9 Å². The Balaban J connectivity index is 1.80. The SMILES string of the molecule is O=C1N(c2cccc([N+](=O)[O-])c2)[C@@H]2CS(=O)(=O)C[C@@H]2N1c1ccc(F)cc1. The highest BCUT2D eigenvalue weighted by Gasteiger charge is 2.54. The number of non-ortho nitro benzene ring substituents is 1. The molecule has 8 nitrogen and oxygen atoms in total. The zero-order valence-corrected chi connectivity index (χ0v) is 14.7. The number of rotatable bonds is 3. The lowest BCUT2D eigenvalue weighted by Gasteiger charge is -2.22. The first kappa shape index (κ1) is 17.4. The van der Waals surface area contributed by atoms with E-state index in [1.165, 1.54) is 58.3 Å². The fourth-order valence-corrected chi connectivity index (χ4v) is 5.58. The highest BCUT2D eigenvalue weighted by atomic mass is 32.2. The summed E-state index contributed by atoms with van der Waals surface area (Å²) in [5, 5.41) is 11.1. The molecule has 10 heteroatoms. The van der Waals surface area contributed by atoms with Crippen molar-refractivity contribution in [2.24, 2.45) is 0 Å². The van der Waals surface area contributed by atoms with E-state index in [0.29, 0.717) is 5.69 Å². The molecule has 2 aliphatic rings. The summed E-state index contributed by atoms with van der Waals surface area (Å²) in [5.41, 5.74) is 0.435. The average molecular weight is 391 g/mol. The van der Waals surface area contributed by atoms with Crippen LogP contribution in [-0.2, 0) is 9.84 Å². The second-order valence-electron chi connectivity index (χ2n) is 6.49. The highest BCUT2D eigenvalue weighted by molar-refractivity contribution is 7.91. The zero-order valence-electron chi connectivity index (χ0n) is 13.9. The van der Waals surface area contributed by atoms with Crippen LogP contribution in [0.25, 0.3) is 0 Å². The number of amides is 2. The van der Waals surface area contributed by atoms with E-state index in [1.807, 2.05) is 0 Å². The number of anilines is 2. The Labute approximate surface area is 153 Å². The summed E-state index contributed by atoms with van der Waals surface area (Å²) in [5.74, 6) is -0.924. The Morgan fingerprint density at radius 3 is 2.19 bits per heavy atom. The average Bonchev–Trinajstić information content (AvgIpc) is 3.04. The van der Waals surface area contributed by atoms with Gasteiger partial charge in [-0.3, -0.25) is 19.9 Å². The quantitative estimate of drug-likeness (QED) is 0.454. The summed E-state index contributed by atoms with van der Waals surface area (Å²) in [6.45, 7) is 0. The predicted molar refractivity (Wildman–Crippen MR) is 96.1 cm³/mol. The van der Waals surface area contributed by atoms with Gasteiger partial charge in [0.05, 0.1) is 34.2 Å². The molecule has 0 spiro atoms. The second-order valence-corrected chi connectivity index (χ2v) is 8.64. The van der Waals surface area contributed by atoms with Crippen LogP contribution in [0.3, 0.4) is 0 Å². The van der Waals surface area contributed by atoms with Gasteiger partial charge in [-0.1, -0.05) is 6.07 Å². The first-order valence-corrected chi connectivity index (χ1v) is 9.92. The van der Waals surface area contributed by atoms with Crippen LogP contribution in [0.15, 0.2) is 48.5 Å². The molecule has 0 radical (unpaired) electrons. The van der Waals surface area contributed by atoms with Crippen LogP contribution in [-0.4, -0.2) is 43.0 Å². The van der Waals surface area contributed by atoms with Gasteiger partial charge in [-0.05, 0) is 30.3 Å². The van der Waals surface area contributed by atoms with E-state index in [2.05, 4.69) is 0 Å². The monoisotopic (exact) mass is 391 g/mol. The molecule has 0 bridgehead atoms. The largest absolute Gasteiger partial charge is 0.329 e. The van der Waals surface area contributed by atoms with E-state index >= 15 is 0 Å². The van der Waals surface area contributed by atoms with Crippen molar-refractivity contribution in [1.82, 2.24) is 0 Å². The molecule has 0 aliphatic carbocycles. The molecule has 0 N–H and O–H groups in total. The van der Waals surface area contributed by atoms with Gasteiger partial charge in [0, 0.05) is 17.8 Å². The Bertz CT molecular complexity index is 1040. The Hall–Kier alpha value is -3.01. The molecule has 2 aromatic carbocycles. The number of hydrogen-bond donors (Lipinski definition) is 0. The van der Waals surface area contributed by atoms with Crippen molar-refractivity contribution in [3.05, 3.63) is 64.5 Å². The van der Waals surface area contributed by atoms with Gasteiger partial charge in [0.15, 0.2) is 9.84 Å². The third-order valence-corrected chi connectivity index (χ3v) is 6.49. The van der Waals surface area contributed by atoms with Crippen LogP contribution >= 0.6 is 0 Å². The molecule has 4 rings (SSSR count). The minimum Gasteiger partial charge on any atom is -0.288 e. The number of carbonyl (C=O) groups is 1. The van der Waals surface area contributed by atoms with E-state index in [4.69, 9.17) is 0 Å². The summed E-state index contributed by atoms with van der Waals surface area (Å²) >= 11 is 0. The summed E-state index contributed by atoms with van der Waals surface area (Å²) in [4.78, 5) is 26.2. The third-order valence-electron chi connectivity index (χ3n) is 4.79. The topological polar surface area (TPSA) is 101 Å². The van der Waals surface area contributed by atoms with E-state index in [-0.39, 0.29) is 22.9 Å². The van der Waals surface area contributed by atoms with Gasteiger partial charge in [0.1, 0.15) is 5.82 Å². The fourth-order valence-electron chi connectivity index (χ4n) is 3.67. The van der Waals surface area contributed by atoms with Gasteiger partial charge in [0.25, 0.3) is 5.69 Å². The molecule has 2 amide bonds. The highest BCUT2D eigenvalue weighted by Crippen LogP contribution is 2.38. The molecule has 2 aromatic rings. The number of carbonyl (C=O) groups excluding carboxylic acids is 1. The number of halogens is 1. The van der Waals surface area contributed by atoms with Gasteiger partial charge in [0.2, 0.25) is 0 Å². The molecule has 140 valence electrons. The van der Waals surface area contributed by atoms with Crippen molar-refractivity contribution >= 4 is 32.9 Å². The van der Waals surface area contributed by atoms with Crippen molar-refractivity contribution in [3.8, 4) is 0 Å². The van der Waals surface area contributed by atoms with Gasteiger partial charge in [-0.15, -0.1) is 0 Å². The van der Waals surface area contributed by atoms with Crippen molar-refractivity contribution in [2.75, 3.05) is 21.3 Å². The maximum atomic E-state index is 13.3. The summed E-state index contributed by atoms with van der Waals surface area (Å²) < 4.78 is 37.7. The van der Waals surface area contributed by atoms with Crippen molar-refractivity contribution in [2.45, 2.75) is 12.1 Å². The van der Waals surface area contributed by atoms with Crippen LogP contribution in [0.2, 0.25) is 0 Å². The lowest BCUT2D eigenvalue weighted by atomic mass is 10.1. The van der Waals surface area contributed by atoms with E-state index in [0.717, 1.165) is 0 Å². The Morgan fingerprint density at radius 1 is 1.00 bits per heavy atom. The molecule has 0 unspecified atom stereocenters. The van der Waals surface area contributed by atoms with Gasteiger partial charge in [-0.25, -0.2) is 17.6 Å². The molecule has 2 fully saturated rings. The molecule has 27 heavy (non-hydrogen) atoms. The van der Waals surface area contributed by atoms with E-state index < -0.39 is 38.7 Å². The van der Waals surface area contributed by atoms with Gasteiger partial charge in [-0.2, -0.15) is 0 Å². The van der Waals surface area contributed by atoms with Crippen molar-refractivity contribution in [1.29, 1.82) is 0 Å². The minimum absolute atomic E-state index is 0.196. The van der Waals surface area contributed by atoms with Crippen molar-refractivity contribution in [3.63, 3.8) is 0 Å². The van der Waals surface area contributed by atoms with E-state index in [9.17, 15) is 27.7 Å². The molecule has 2 heterocycles. The number of nitrogens with zero attached hydrogens (tertiary/aromatic N) is 3. The molecule has 0 aromatic heterocycles. The predicted octanol–water partition coefficient (Wildman–Crippen LogP) is 2.35. The Morgan fingerprint density at radius 2 is 1.59 bits per heavy atom. The third kappa shape index (κ3) is 2.91. The normalized spacial score (nSPS) is 23.5. The number of sulfone groups is 1. The zero-order chi connectivity index (χ0) is 19.3. The molecule has 2 saturated heterocycles. The van der Waals surface area contributed by atoms with Gasteiger partial charge >= 0.3 is 6.03 Å². The minimum atomic E-state index is -3.39. The number of fused-ring (bicyclic) bond motifs is 1. The van der Waals surface area contributed by atoms with Crippen LogP contribution < -0.4 is 9.80 Å². The molecule has 2 atom stereocenters. The molecule has 0 saturated carbocycles. The van der Waals surface area contributed by atoms with Crippen LogP contribution in [0.1, 0.15) is 0 Å². The fraction of sp³-hybridized carbons (Fsp3) is 0.235. The number of benzene rings is 2. The number of nitro groups is 1. The maximum Gasteiger partial charge on any atom is 0.329 e. The lowest BCUT2D eigenvalue weighted by molar-refractivity contribution is -0.384. The first-order chi connectivity index (χ1) is 12.8. The number of nitro benzene ring substituents is 1. The summed E-state index contributed by atoms with van der Waals surface area (Å²) in [6.07, 6.45) is 0. The smallest absolute Gasteiger partial charge is 0.288 e. The molecule has 2 aliphatic heterocycles. The summed E-state index contributed by atoms with van der Waals surface area (Å²) in [6, 6.07) is 8.90. The molecular formula is C17H14FN3O5S. The standard InChI is InChI=1S/C17H14FN3O5S/c18-11-4-6-12(7-5-11)19-15-9-27(25,26)10-16(15)20(17(19)22)13-2-1-3-14(8-13)21(23)24/h1-8,15-16H,9-10H2/t15-,16+/m0/s1. The Kier molecular flexibility index (Phi) is 3.88. The van der Waals surface area contributed by atoms with Gasteiger partial charge < -0.3 is 0 Å². The second kappa shape index (κ2) is 6.02. The van der Waals surface area contributed by atoms with Crippen LogP contribution in [0.4, 0.5) is 26.2 Å². The summed E-state index contributed by atoms with van der Waals surface area (Å²) in [7, 11) is -3.39. The van der Waals surface area contributed by atoms with Crippen LogP contribution in [0.5, 0.6) is 0 Å². The molecular weight excluding hydrogens is 377 g/mol. The first-order valence-electron chi connectivity index (χ1n) is 8.10. The van der Waals surface area contributed by atoms with E-state index in [1.54, 1.807) is 0 Å². The van der Waals surface area contributed by atoms with Crippen molar-refractivity contribution < 1.29 is 22.5 Å². The number of hydrogen-bond acceptors (Lipinski definition) is 5.